The summed E-state index contributed by atoms with van der Waals surface area (Å²) < 4.78 is 0. The van der Waals surface area contributed by atoms with Crippen molar-refractivity contribution < 1.29 is 4.79 Å². The van der Waals surface area contributed by atoms with Crippen LogP contribution in [-0.4, -0.2) is 48.4 Å². The second-order valence-electron chi connectivity index (χ2n) is 5.97. The molecule has 2 heterocycles. The minimum absolute atomic E-state index is 0. The molecular formula is C17H27ClIN5O. The first kappa shape index (κ1) is 22.0. The van der Waals surface area contributed by atoms with Gasteiger partial charge < -0.3 is 15.5 Å². The van der Waals surface area contributed by atoms with Gasteiger partial charge in [-0.2, -0.15) is 0 Å². The predicted molar refractivity (Wildman–Crippen MR) is 112 cm³/mol. The summed E-state index contributed by atoms with van der Waals surface area (Å²) in [5, 5.41) is 6.55. The minimum Gasteiger partial charge on any atom is -0.359 e. The van der Waals surface area contributed by atoms with Gasteiger partial charge in [0.1, 0.15) is 5.15 Å². The van der Waals surface area contributed by atoms with E-state index in [1.54, 1.807) is 19.3 Å². The summed E-state index contributed by atoms with van der Waals surface area (Å²) in [6, 6.07) is 3.72. The molecule has 1 amide bonds. The second kappa shape index (κ2) is 11.5. The number of rotatable bonds is 5. The van der Waals surface area contributed by atoms with Crippen LogP contribution in [0.15, 0.2) is 23.3 Å². The van der Waals surface area contributed by atoms with Gasteiger partial charge in [0.05, 0.1) is 6.54 Å². The predicted octanol–water partition coefficient (Wildman–Crippen LogP) is 2.67. The van der Waals surface area contributed by atoms with Crippen LogP contribution in [0.2, 0.25) is 5.15 Å². The molecule has 1 saturated heterocycles. The van der Waals surface area contributed by atoms with Crippen molar-refractivity contribution in [2.75, 3.05) is 26.7 Å². The molecule has 0 unspecified atom stereocenters. The lowest BCUT2D eigenvalue weighted by atomic mass is 9.93. The van der Waals surface area contributed by atoms with Crippen molar-refractivity contribution in [3.05, 3.63) is 29.0 Å². The van der Waals surface area contributed by atoms with Crippen molar-refractivity contribution in [2.45, 2.75) is 32.7 Å². The van der Waals surface area contributed by atoms with E-state index in [2.05, 4.69) is 27.4 Å². The van der Waals surface area contributed by atoms with Gasteiger partial charge in [-0.3, -0.25) is 4.79 Å². The molecular weight excluding hydrogens is 453 g/mol. The molecule has 2 rings (SSSR count). The van der Waals surface area contributed by atoms with E-state index in [-0.39, 0.29) is 29.9 Å². The zero-order valence-electron chi connectivity index (χ0n) is 14.8. The third-order valence-corrected chi connectivity index (χ3v) is 4.43. The van der Waals surface area contributed by atoms with Gasteiger partial charge in [0.25, 0.3) is 0 Å². The maximum absolute atomic E-state index is 11.5. The Morgan fingerprint density at radius 2 is 2.12 bits per heavy atom. The number of guanidine groups is 1. The number of hydrogen-bond donors (Lipinski definition) is 2. The Bertz CT molecular complexity index is 559. The Kier molecular flexibility index (Phi) is 10.1. The number of likely N-dealkylation sites (tertiary alicyclic amines) is 1. The van der Waals surface area contributed by atoms with Crippen LogP contribution in [0.3, 0.4) is 0 Å². The molecule has 0 spiro atoms. The highest BCUT2D eigenvalue weighted by molar-refractivity contribution is 14.0. The van der Waals surface area contributed by atoms with Gasteiger partial charge in [-0.05, 0) is 37.3 Å². The quantitative estimate of drug-likeness (QED) is 0.295. The van der Waals surface area contributed by atoms with Crippen LogP contribution in [-0.2, 0) is 11.3 Å². The standard InChI is InChI=1S/C17H26ClN5O.HI/c1-3-20-17(22-12-14-4-5-15(18)21-11-14)23-8-6-13(7-9-23)10-16(24)19-2;/h4-5,11,13H,3,6-10,12H2,1-2H3,(H,19,24)(H,20,22);1H. The molecule has 6 nitrogen and oxygen atoms in total. The van der Waals surface area contributed by atoms with E-state index in [1.165, 1.54) is 0 Å². The number of piperidine rings is 1. The van der Waals surface area contributed by atoms with Crippen LogP contribution in [0, 0.1) is 5.92 Å². The fourth-order valence-electron chi connectivity index (χ4n) is 2.81. The van der Waals surface area contributed by atoms with Gasteiger partial charge >= 0.3 is 0 Å². The number of nitrogens with one attached hydrogen (secondary N) is 2. The largest absolute Gasteiger partial charge is 0.359 e. The molecule has 8 heteroatoms. The number of pyridine rings is 1. The Morgan fingerprint density at radius 1 is 1.40 bits per heavy atom. The molecule has 0 bridgehead atoms. The summed E-state index contributed by atoms with van der Waals surface area (Å²) in [6.45, 7) is 5.32. The van der Waals surface area contributed by atoms with E-state index >= 15 is 0 Å². The average Bonchev–Trinajstić information content (AvgIpc) is 2.60. The van der Waals surface area contributed by atoms with Crippen molar-refractivity contribution >= 4 is 47.4 Å². The summed E-state index contributed by atoms with van der Waals surface area (Å²) in [4.78, 5) is 22.6. The number of nitrogens with zero attached hydrogens (tertiary/aromatic N) is 3. The highest BCUT2D eigenvalue weighted by Gasteiger charge is 2.22. The van der Waals surface area contributed by atoms with Gasteiger partial charge in [0, 0.05) is 39.3 Å². The summed E-state index contributed by atoms with van der Waals surface area (Å²) in [5.74, 6) is 1.51. The highest BCUT2D eigenvalue weighted by atomic mass is 127. The second-order valence-corrected chi connectivity index (χ2v) is 6.35. The number of halogens is 2. The first-order valence-corrected chi connectivity index (χ1v) is 8.84. The zero-order chi connectivity index (χ0) is 17.4. The molecule has 1 aromatic rings. The van der Waals surface area contributed by atoms with Gasteiger partial charge in [0.15, 0.2) is 5.96 Å². The van der Waals surface area contributed by atoms with Crippen molar-refractivity contribution in [2.24, 2.45) is 10.9 Å². The van der Waals surface area contributed by atoms with Crippen LogP contribution >= 0.6 is 35.6 Å². The maximum atomic E-state index is 11.5. The number of carbonyl (C=O) groups excluding carboxylic acids is 1. The fourth-order valence-corrected chi connectivity index (χ4v) is 2.92. The molecule has 1 fully saturated rings. The first-order valence-electron chi connectivity index (χ1n) is 8.46. The summed E-state index contributed by atoms with van der Waals surface area (Å²) >= 11 is 5.81. The lowest BCUT2D eigenvalue weighted by molar-refractivity contribution is -0.121. The van der Waals surface area contributed by atoms with E-state index in [0.717, 1.165) is 44.0 Å². The summed E-state index contributed by atoms with van der Waals surface area (Å²) in [5.41, 5.74) is 1.03. The minimum atomic E-state index is 0. The lowest BCUT2D eigenvalue weighted by Crippen LogP contribution is -2.46. The van der Waals surface area contributed by atoms with Gasteiger partial charge in [-0.1, -0.05) is 17.7 Å². The number of aliphatic imine (C=N–C) groups is 1. The Balaban J connectivity index is 0.00000312. The highest BCUT2D eigenvalue weighted by Crippen LogP contribution is 2.20. The van der Waals surface area contributed by atoms with Crippen LogP contribution in [0.5, 0.6) is 0 Å². The van der Waals surface area contributed by atoms with E-state index in [9.17, 15) is 4.79 Å². The molecule has 0 radical (unpaired) electrons. The van der Waals surface area contributed by atoms with Crippen LogP contribution in [0.1, 0.15) is 31.7 Å². The van der Waals surface area contributed by atoms with Crippen molar-refractivity contribution in [3.63, 3.8) is 0 Å². The smallest absolute Gasteiger partial charge is 0.220 e. The topological polar surface area (TPSA) is 69.6 Å². The molecule has 1 aliphatic rings. The Hall–Kier alpha value is -1.09. The zero-order valence-corrected chi connectivity index (χ0v) is 17.9. The summed E-state index contributed by atoms with van der Waals surface area (Å²) in [6.07, 6.45) is 4.40. The SMILES string of the molecule is CCNC(=NCc1ccc(Cl)nc1)N1CCC(CC(=O)NC)CC1.I. The van der Waals surface area contributed by atoms with Crippen LogP contribution in [0.25, 0.3) is 0 Å². The van der Waals surface area contributed by atoms with E-state index in [0.29, 0.717) is 24.0 Å². The van der Waals surface area contributed by atoms with Crippen molar-refractivity contribution in [1.82, 2.24) is 20.5 Å². The molecule has 0 atom stereocenters. The van der Waals surface area contributed by atoms with E-state index < -0.39 is 0 Å². The molecule has 140 valence electrons. The third-order valence-electron chi connectivity index (χ3n) is 4.20. The lowest BCUT2D eigenvalue weighted by Gasteiger charge is -2.34. The Labute approximate surface area is 171 Å². The van der Waals surface area contributed by atoms with Crippen molar-refractivity contribution in [3.8, 4) is 0 Å². The molecule has 0 saturated carbocycles. The van der Waals surface area contributed by atoms with Crippen LogP contribution < -0.4 is 10.6 Å². The molecule has 0 aliphatic carbocycles. The normalized spacial score (nSPS) is 15.5. The van der Waals surface area contributed by atoms with Gasteiger partial charge in [0.2, 0.25) is 5.91 Å². The maximum Gasteiger partial charge on any atom is 0.220 e. The summed E-state index contributed by atoms with van der Waals surface area (Å²) in [7, 11) is 1.69. The van der Waals surface area contributed by atoms with Gasteiger partial charge in [-0.15, -0.1) is 24.0 Å². The Morgan fingerprint density at radius 3 is 2.68 bits per heavy atom. The molecule has 2 N–H and O–H groups in total. The average molecular weight is 480 g/mol. The van der Waals surface area contributed by atoms with Crippen LogP contribution in [0.4, 0.5) is 0 Å². The molecule has 1 aromatic heterocycles. The van der Waals surface area contributed by atoms with Crippen molar-refractivity contribution in [1.29, 1.82) is 0 Å². The van der Waals surface area contributed by atoms with E-state index in [4.69, 9.17) is 16.6 Å². The molecule has 0 aromatic carbocycles. The molecule has 25 heavy (non-hydrogen) atoms. The first-order chi connectivity index (χ1) is 11.6. The number of hydrogen-bond acceptors (Lipinski definition) is 3. The monoisotopic (exact) mass is 479 g/mol. The fraction of sp³-hybridized carbons (Fsp3) is 0.588. The number of carbonyl (C=O) groups is 1. The number of amides is 1. The number of aromatic nitrogens is 1. The molecule has 1 aliphatic heterocycles. The third kappa shape index (κ3) is 7.35. The van der Waals surface area contributed by atoms with E-state index in [1.807, 2.05) is 6.07 Å². The van der Waals surface area contributed by atoms with Gasteiger partial charge in [-0.25, -0.2) is 9.98 Å².